The van der Waals surface area contributed by atoms with Gasteiger partial charge in [0.05, 0.1) is 17.6 Å². The van der Waals surface area contributed by atoms with Crippen LogP contribution in [0.5, 0.6) is 5.75 Å². The number of benzene rings is 2. The number of rotatable bonds is 6. The highest BCUT2D eigenvalue weighted by molar-refractivity contribution is 5.80. The highest BCUT2D eigenvalue weighted by Gasteiger charge is 2.15. The largest absolute Gasteiger partial charge is 0.492 e. The van der Waals surface area contributed by atoms with Crippen molar-refractivity contribution in [2.75, 3.05) is 20.2 Å². The van der Waals surface area contributed by atoms with Gasteiger partial charge in [-0.1, -0.05) is 29.8 Å². The van der Waals surface area contributed by atoms with Crippen LogP contribution < -0.4 is 10.4 Å². The fourth-order valence-electron chi connectivity index (χ4n) is 2.83. The second kappa shape index (κ2) is 7.47. The molecule has 0 aliphatic carbocycles. The van der Waals surface area contributed by atoms with Crippen LogP contribution in [0.15, 0.2) is 53.3 Å². The smallest absolute Gasteiger partial charge is 0.329 e. The summed E-state index contributed by atoms with van der Waals surface area (Å²) in [6.45, 7) is 2.88. The van der Waals surface area contributed by atoms with Gasteiger partial charge in [-0.05, 0) is 31.2 Å². The van der Waals surface area contributed by atoms with Gasteiger partial charge in [-0.3, -0.25) is 13.9 Å². The Hall–Kier alpha value is -3.02. The molecule has 0 spiro atoms. The maximum absolute atomic E-state index is 12.5. The van der Waals surface area contributed by atoms with Crippen molar-refractivity contribution in [1.29, 1.82) is 0 Å². The number of likely N-dealkylation sites (N-methyl/N-ethyl adjacent to an activating group) is 1. The second-order valence-electron chi connectivity index (χ2n) is 6.39. The van der Waals surface area contributed by atoms with Crippen molar-refractivity contribution in [2.24, 2.45) is 7.05 Å². The first-order chi connectivity index (χ1) is 12.5. The maximum atomic E-state index is 12.5. The molecule has 0 bridgehead atoms. The number of imidazole rings is 1. The third-order valence-electron chi connectivity index (χ3n) is 4.49. The van der Waals surface area contributed by atoms with Crippen LogP contribution in [0.4, 0.5) is 0 Å². The SMILES string of the molecule is Cc1ccc(OCCN(C)C(=O)Cn2c(=O)n(C)c3ccccc32)cc1. The van der Waals surface area contributed by atoms with Crippen LogP contribution in [0.3, 0.4) is 0 Å². The normalized spacial score (nSPS) is 10.9. The molecule has 136 valence electrons. The van der Waals surface area contributed by atoms with Gasteiger partial charge in [0.15, 0.2) is 0 Å². The Labute approximate surface area is 152 Å². The highest BCUT2D eigenvalue weighted by atomic mass is 16.5. The predicted molar refractivity (Wildman–Crippen MR) is 101 cm³/mol. The van der Waals surface area contributed by atoms with Gasteiger partial charge in [0, 0.05) is 14.1 Å². The molecule has 0 radical (unpaired) electrons. The van der Waals surface area contributed by atoms with Gasteiger partial charge in [-0.15, -0.1) is 0 Å². The topological polar surface area (TPSA) is 56.5 Å². The Bertz CT molecular complexity index is 970. The predicted octanol–water partition coefficient (Wildman–Crippen LogP) is 2.19. The van der Waals surface area contributed by atoms with E-state index in [1.807, 2.05) is 55.5 Å². The van der Waals surface area contributed by atoms with Crippen LogP contribution >= 0.6 is 0 Å². The minimum atomic E-state index is -0.191. The zero-order valence-electron chi connectivity index (χ0n) is 15.3. The zero-order chi connectivity index (χ0) is 18.7. The van der Waals surface area contributed by atoms with Gasteiger partial charge in [-0.2, -0.15) is 0 Å². The van der Waals surface area contributed by atoms with E-state index in [-0.39, 0.29) is 18.1 Å². The maximum Gasteiger partial charge on any atom is 0.329 e. The minimum Gasteiger partial charge on any atom is -0.492 e. The molecule has 0 atom stereocenters. The number of hydrogen-bond donors (Lipinski definition) is 0. The summed E-state index contributed by atoms with van der Waals surface area (Å²) in [6, 6.07) is 15.2. The summed E-state index contributed by atoms with van der Waals surface area (Å²) < 4.78 is 8.73. The molecule has 0 saturated heterocycles. The van der Waals surface area contributed by atoms with Crippen LogP contribution in [-0.2, 0) is 18.4 Å². The zero-order valence-corrected chi connectivity index (χ0v) is 15.3. The molecule has 0 aliphatic heterocycles. The lowest BCUT2D eigenvalue weighted by Crippen LogP contribution is -2.36. The number of carbonyl (C=O) groups is 1. The van der Waals surface area contributed by atoms with E-state index in [2.05, 4.69) is 0 Å². The van der Waals surface area contributed by atoms with Crippen molar-refractivity contribution < 1.29 is 9.53 Å². The molecule has 0 N–H and O–H groups in total. The van der Waals surface area contributed by atoms with Crippen LogP contribution in [-0.4, -0.2) is 40.1 Å². The Morgan fingerprint density at radius 1 is 1.08 bits per heavy atom. The van der Waals surface area contributed by atoms with E-state index in [1.165, 1.54) is 10.1 Å². The van der Waals surface area contributed by atoms with E-state index < -0.39 is 0 Å². The van der Waals surface area contributed by atoms with Gasteiger partial charge in [0.25, 0.3) is 0 Å². The molecule has 1 amide bonds. The van der Waals surface area contributed by atoms with Gasteiger partial charge in [-0.25, -0.2) is 4.79 Å². The first-order valence-electron chi connectivity index (χ1n) is 8.55. The standard InChI is InChI=1S/C20H23N3O3/c1-15-8-10-16(11-9-15)26-13-12-21(2)19(24)14-23-18-7-5-4-6-17(18)22(3)20(23)25/h4-11H,12-14H2,1-3H3. The number of nitrogens with zero attached hydrogens (tertiary/aromatic N) is 3. The number of ether oxygens (including phenoxy) is 1. The van der Waals surface area contributed by atoms with Crippen LogP contribution in [0.25, 0.3) is 11.0 Å². The van der Waals surface area contributed by atoms with Gasteiger partial charge in [0.2, 0.25) is 5.91 Å². The average molecular weight is 353 g/mol. The summed E-state index contributed by atoms with van der Waals surface area (Å²) in [6.07, 6.45) is 0. The fraction of sp³-hybridized carbons (Fsp3) is 0.300. The first-order valence-corrected chi connectivity index (χ1v) is 8.55. The molecular formula is C20H23N3O3. The number of carbonyl (C=O) groups excluding carboxylic acids is 1. The number of hydrogen-bond acceptors (Lipinski definition) is 3. The summed E-state index contributed by atoms with van der Waals surface area (Å²) >= 11 is 0. The third-order valence-corrected chi connectivity index (χ3v) is 4.49. The number of aromatic nitrogens is 2. The molecule has 26 heavy (non-hydrogen) atoms. The summed E-state index contributed by atoms with van der Waals surface area (Å²) in [4.78, 5) is 26.5. The molecular weight excluding hydrogens is 330 g/mol. The quantitative estimate of drug-likeness (QED) is 0.683. The van der Waals surface area contributed by atoms with E-state index in [0.29, 0.717) is 13.2 Å². The lowest BCUT2D eigenvalue weighted by molar-refractivity contribution is -0.130. The Balaban J connectivity index is 1.62. The molecule has 1 aromatic heterocycles. The van der Waals surface area contributed by atoms with Crippen LogP contribution in [0, 0.1) is 6.92 Å². The van der Waals surface area contributed by atoms with E-state index in [4.69, 9.17) is 4.74 Å². The average Bonchev–Trinajstić information content (AvgIpc) is 2.88. The van der Waals surface area contributed by atoms with Crippen molar-refractivity contribution in [3.05, 3.63) is 64.6 Å². The molecule has 3 aromatic rings. The fourth-order valence-corrected chi connectivity index (χ4v) is 2.83. The molecule has 0 unspecified atom stereocenters. The molecule has 3 rings (SSSR count). The van der Waals surface area contributed by atoms with Gasteiger partial charge < -0.3 is 9.64 Å². The Morgan fingerprint density at radius 3 is 2.42 bits per heavy atom. The lowest BCUT2D eigenvalue weighted by Gasteiger charge is -2.18. The number of para-hydroxylation sites is 2. The number of aryl methyl sites for hydroxylation is 2. The highest BCUT2D eigenvalue weighted by Crippen LogP contribution is 2.12. The molecule has 0 fully saturated rings. The van der Waals surface area contributed by atoms with E-state index in [9.17, 15) is 9.59 Å². The van der Waals surface area contributed by atoms with Crippen molar-refractivity contribution in [1.82, 2.24) is 14.0 Å². The minimum absolute atomic E-state index is 0.0151. The van der Waals surface area contributed by atoms with E-state index >= 15 is 0 Å². The molecule has 6 nitrogen and oxygen atoms in total. The van der Waals surface area contributed by atoms with Crippen LogP contribution in [0.2, 0.25) is 0 Å². The summed E-state index contributed by atoms with van der Waals surface area (Å²) in [5.74, 6) is 0.651. The van der Waals surface area contributed by atoms with E-state index in [1.54, 1.807) is 23.6 Å². The van der Waals surface area contributed by atoms with E-state index in [0.717, 1.165) is 16.8 Å². The Kier molecular flexibility index (Phi) is 5.11. The van der Waals surface area contributed by atoms with Crippen molar-refractivity contribution >= 4 is 16.9 Å². The molecule has 6 heteroatoms. The molecule has 1 heterocycles. The molecule has 2 aromatic carbocycles. The number of fused-ring (bicyclic) bond motifs is 1. The second-order valence-corrected chi connectivity index (χ2v) is 6.39. The summed E-state index contributed by atoms with van der Waals surface area (Å²) in [7, 11) is 3.43. The first kappa shape index (κ1) is 17.8. The number of amides is 1. The van der Waals surface area contributed by atoms with Crippen molar-refractivity contribution in [2.45, 2.75) is 13.5 Å². The lowest BCUT2D eigenvalue weighted by atomic mass is 10.2. The monoisotopic (exact) mass is 353 g/mol. The molecule has 0 saturated carbocycles. The van der Waals surface area contributed by atoms with Crippen molar-refractivity contribution in [3.63, 3.8) is 0 Å². The van der Waals surface area contributed by atoms with Gasteiger partial charge in [0.1, 0.15) is 18.9 Å². The summed E-state index contributed by atoms with van der Waals surface area (Å²) in [5, 5.41) is 0. The van der Waals surface area contributed by atoms with Crippen molar-refractivity contribution in [3.8, 4) is 5.75 Å². The third kappa shape index (κ3) is 3.64. The summed E-state index contributed by atoms with van der Waals surface area (Å²) in [5.41, 5.74) is 2.56. The van der Waals surface area contributed by atoms with Gasteiger partial charge >= 0.3 is 5.69 Å². The molecule has 0 aliphatic rings. The Morgan fingerprint density at radius 2 is 1.73 bits per heavy atom. The van der Waals surface area contributed by atoms with Crippen LogP contribution in [0.1, 0.15) is 5.56 Å².